The number of amides is 1. The number of H-pyrrole nitrogens is 1. The van der Waals surface area contributed by atoms with Gasteiger partial charge in [-0.1, -0.05) is 0 Å². The molecule has 1 aliphatic rings. The van der Waals surface area contributed by atoms with Crippen LogP contribution >= 0.6 is 11.7 Å². The second-order valence-corrected chi connectivity index (χ2v) is 5.93. The summed E-state index contributed by atoms with van der Waals surface area (Å²) < 4.78 is 8.15. The Morgan fingerprint density at radius 2 is 2.15 bits per heavy atom. The second kappa shape index (κ2) is 3.63. The molecule has 0 unspecified atom stereocenters. The lowest BCUT2D eigenvalue weighted by atomic mass is 9.86. The van der Waals surface area contributed by atoms with Crippen LogP contribution in [0.2, 0.25) is 0 Å². The Morgan fingerprint density at radius 3 is 2.90 bits per heavy atom. The molecule has 2 aromatic heterocycles. The van der Waals surface area contributed by atoms with Gasteiger partial charge in [0, 0.05) is 5.69 Å². The van der Waals surface area contributed by atoms with Crippen LogP contribution in [0.5, 0.6) is 0 Å². The average Bonchev–Trinajstić information content (AvgIpc) is 3.08. The summed E-state index contributed by atoms with van der Waals surface area (Å²) in [6.07, 6.45) is 1.68. The Hall–Kier alpha value is -2.28. The van der Waals surface area contributed by atoms with Crippen LogP contribution in [0.15, 0.2) is 18.3 Å². The third kappa shape index (κ3) is 1.44. The SMILES string of the molecule is CC1(C)C(=O)Nc2cc3nc(-c4cnsn4)[nH]c3cc21. The van der Waals surface area contributed by atoms with Crippen LogP contribution in [0, 0.1) is 0 Å². The zero-order valence-electron chi connectivity index (χ0n) is 10.9. The van der Waals surface area contributed by atoms with Crippen molar-refractivity contribution in [1.82, 2.24) is 18.7 Å². The molecule has 0 bridgehead atoms. The number of nitrogens with one attached hydrogen (secondary N) is 2. The number of imidazole rings is 1. The number of aromatic nitrogens is 4. The number of anilines is 1. The molecule has 0 saturated carbocycles. The van der Waals surface area contributed by atoms with Gasteiger partial charge in [-0.15, -0.1) is 0 Å². The maximum atomic E-state index is 11.9. The molecule has 0 spiro atoms. The molecule has 100 valence electrons. The van der Waals surface area contributed by atoms with Crippen molar-refractivity contribution in [2.75, 3.05) is 5.32 Å². The molecule has 2 N–H and O–H groups in total. The number of fused-ring (bicyclic) bond motifs is 2. The second-order valence-electron chi connectivity index (χ2n) is 5.37. The fraction of sp³-hybridized carbons (Fsp3) is 0.231. The zero-order chi connectivity index (χ0) is 13.9. The summed E-state index contributed by atoms with van der Waals surface area (Å²) in [6.45, 7) is 3.84. The van der Waals surface area contributed by atoms with Crippen molar-refractivity contribution in [3.8, 4) is 11.5 Å². The maximum absolute atomic E-state index is 11.9. The largest absolute Gasteiger partial charge is 0.337 e. The molecule has 1 amide bonds. The summed E-state index contributed by atoms with van der Waals surface area (Å²) in [5, 5.41) is 2.91. The molecule has 0 fully saturated rings. The summed E-state index contributed by atoms with van der Waals surface area (Å²) in [5.41, 5.74) is 3.75. The van der Waals surface area contributed by atoms with E-state index in [0.717, 1.165) is 39.7 Å². The molecule has 1 aliphatic heterocycles. The van der Waals surface area contributed by atoms with Gasteiger partial charge in [0.2, 0.25) is 5.91 Å². The van der Waals surface area contributed by atoms with E-state index in [4.69, 9.17) is 0 Å². The quantitative estimate of drug-likeness (QED) is 0.718. The number of benzene rings is 1. The van der Waals surface area contributed by atoms with Crippen LogP contribution in [0.1, 0.15) is 19.4 Å². The molecule has 0 atom stereocenters. The van der Waals surface area contributed by atoms with Gasteiger partial charge in [-0.05, 0) is 31.5 Å². The van der Waals surface area contributed by atoms with E-state index in [1.165, 1.54) is 0 Å². The highest BCUT2D eigenvalue weighted by Gasteiger charge is 2.38. The number of hydrogen-bond donors (Lipinski definition) is 2. The third-order valence-electron chi connectivity index (χ3n) is 3.71. The first-order valence-corrected chi connectivity index (χ1v) is 6.92. The van der Waals surface area contributed by atoms with Gasteiger partial charge in [-0.25, -0.2) is 4.98 Å². The lowest BCUT2D eigenvalue weighted by molar-refractivity contribution is -0.119. The Labute approximate surface area is 118 Å². The Kier molecular flexibility index (Phi) is 2.10. The first-order chi connectivity index (χ1) is 9.55. The number of rotatable bonds is 1. The third-order valence-corrected chi connectivity index (χ3v) is 4.19. The van der Waals surface area contributed by atoms with Gasteiger partial charge < -0.3 is 10.3 Å². The van der Waals surface area contributed by atoms with Crippen LogP contribution < -0.4 is 5.32 Å². The minimum Gasteiger partial charge on any atom is -0.337 e. The topological polar surface area (TPSA) is 83.6 Å². The highest BCUT2D eigenvalue weighted by Crippen LogP contribution is 2.39. The summed E-state index contributed by atoms with van der Waals surface area (Å²) in [5.74, 6) is 0.714. The Bertz CT molecular complexity index is 834. The van der Waals surface area contributed by atoms with Gasteiger partial charge in [0.25, 0.3) is 0 Å². The lowest BCUT2D eigenvalue weighted by Crippen LogP contribution is -2.26. The van der Waals surface area contributed by atoms with E-state index in [1.807, 2.05) is 26.0 Å². The van der Waals surface area contributed by atoms with Crippen LogP contribution in [0.3, 0.4) is 0 Å². The molecular formula is C13H11N5OS. The standard InChI is InChI=1S/C13H11N5OS/c1-13(2)6-3-8-9(4-7(6)17-12(13)19)16-11(15-8)10-5-14-20-18-10/h3-5H,1-2H3,(H,15,16)(H,17,19). The van der Waals surface area contributed by atoms with E-state index >= 15 is 0 Å². The predicted molar refractivity (Wildman–Crippen MR) is 76.7 cm³/mol. The highest BCUT2D eigenvalue weighted by atomic mass is 32.1. The molecule has 1 aromatic carbocycles. The Balaban J connectivity index is 1.93. The molecule has 4 rings (SSSR count). The normalized spacial score (nSPS) is 16.4. The van der Waals surface area contributed by atoms with Crippen LogP contribution in [0.25, 0.3) is 22.6 Å². The molecule has 3 aromatic rings. The molecule has 0 radical (unpaired) electrons. The number of hydrogen-bond acceptors (Lipinski definition) is 5. The van der Waals surface area contributed by atoms with Crippen molar-refractivity contribution in [3.05, 3.63) is 23.9 Å². The molecule has 6 nitrogen and oxygen atoms in total. The smallest absolute Gasteiger partial charge is 0.234 e. The van der Waals surface area contributed by atoms with Crippen LogP contribution in [0.4, 0.5) is 5.69 Å². The monoisotopic (exact) mass is 285 g/mol. The summed E-state index contributed by atoms with van der Waals surface area (Å²) in [6, 6.07) is 3.88. The molecule has 7 heteroatoms. The van der Waals surface area contributed by atoms with Crippen molar-refractivity contribution in [2.24, 2.45) is 0 Å². The van der Waals surface area contributed by atoms with Crippen LogP contribution in [-0.4, -0.2) is 24.6 Å². The van der Waals surface area contributed by atoms with Gasteiger partial charge in [0.05, 0.1) is 34.4 Å². The van der Waals surface area contributed by atoms with Gasteiger partial charge in [0.15, 0.2) is 5.82 Å². The molecule has 0 saturated heterocycles. The summed E-state index contributed by atoms with van der Waals surface area (Å²) in [4.78, 5) is 19.7. The molecule has 0 aliphatic carbocycles. The van der Waals surface area contributed by atoms with Crippen molar-refractivity contribution in [3.63, 3.8) is 0 Å². The fourth-order valence-electron chi connectivity index (χ4n) is 2.47. The molecule has 3 heterocycles. The maximum Gasteiger partial charge on any atom is 0.234 e. The van der Waals surface area contributed by atoms with Gasteiger partial charge in [0.1, 0.15) is 5.69 Å². The van der Waals surface area contributed by atoms with Crippen molar-refractivity contribution in [1.29, 1.82) is 0 Å². The van der Waals surface area contributed by atoms with Crippen LogP contribution in [-0.2, 0) is 10.2 Å². The van der Waals surface area contributed by atoms with E-state index in [-0.39, 0.29) is 5.91 Å². The van der Waals surface area contributed by atoms with Gasteiger partial charge in [-0.3, -0.25) is 4.79 Å². The highest BCUT2D eigenvalue weighted by molar-refractivity contribution is 6.99. The van der Waals surface area contributed by atoms with E-state index in [2.05, 4.69) is 24.0 Å². The number of carbonyl (C=O) groups is 1. The number of nitrogens with zero attached hydrogens (tertiary/aromatic N) is 3. The van der Waals surface area contributed by atoms with Crippen molar-refractivity contribution >= 4 is 34.4 Å². The minimum atomic E-state index is -0.517. The van der Waals surface area contributed by atoms with Gasteiger partial charge in [-0.2, -0.15) is 8.75 Å². The van der Waals surface area contributed by atoms with E-state index in [9.17, 15) is 4.79 Å². The fourth-order valence-corrected chi connectivity index (χ4v) is 2.88. The first kappa shape index (κ1) is 11.5. The minimum absolute atomic E-state index is 0.0177. The number of carbonyl (C=O) groups excluding carboxylic acids is 1. The summed E-state index contributed by atoms with van der Waals surface area (Å²) in [7, 11) is 0. The lowest BCUT2D eigenvalue weighted by Gasteiger charge is -2.14. The summed E-state index contributed by atoms with van der Waals surface area (Å²) >= 11 is 1.15. The Morgan fingerprint density at radius 1 is 1.30 bits per heavy atom. The molecule has 20 heavy (non-hydrogen) atoms. The van der Waals surface area contributed by atoms with E-state index in [1.54, 1.807) is 6.20 Å². The van der Waals surface area contributed by atoms with Gasteiger partial charge >= 0.3 is 0 Å². The predicted octanol–water partition coefficient (Wildman–Crippen LogP) is 2.31. The van der Waals surface area contributed by atoms with Crippen molar-refractivity contribution < 1.29 is 4.79 Å². The van der Waals surface area contributed by atoms with E-state index in [0.29, 0.717) is 5.82 Å². The zero-order valence-corrected chi connectivity index (χ0v) is 11.7. The first-order valence-electron chi connectivity index (χ1n) is 6.19. The molecular weight excluding hydrogens is 274 g/mol. The number of aromatic amines is 1. The van der Waals surface area contributed by atoms with Crippen molar-refractivity contribution in [2.45, 2.75) is 19.3 Å². The van der Waals surface area contributed by atoms with E-state index < -0.39 is 5.41 Å². The average molecular weight is 285 g/mol.